The molecule has 0 bridgehead atoms. The van der Waals surface area contributed by atoms with Crippen molar-refractivity contribution in [2.24, 2.45) is 0 Å². The average Bonchev–Trinajstić information content (AvgIpc) is 3.20. The first kappa shape index (κ1) is 18.9. The van der Waals surface area contributed by atoms with Gasteiger partial charge in [-0.15, -0.1) is 17.3 Å². The molecule has 7 heteroatoms. The number of hydrogen-bond acceptors (Lipinski definition) is 5. The minimum atomic E-state index is 0.795. The molecule has 0 saturated heterocycles. The van der Waals surface area contributed by atoms with Gasteiger partial charge in [0.1, 0.15) is 0 Å². The topological polar surface area (TPSA) is 65.6 Å². The van der Waals surface area contributed by atoms with Gasteiger partial charge >= 0.3 is 0 Å². The minimum absolute atomic E-state index is 0.795. The fourth-order valence-corrected chi connectivity index (χ4v) is 4.73. The summed E-state index contributed by atoms with van der Waals surface area (Å²) in [6.45, 7) is 6.70. The Morgan fingerprint density at radius 1 is 1.31 bits per heavy atom. The third kappa shape index (κ3) is 4.44. The second kappa shape index (κ2) is 9.17. The van der Waals surface area contributed by atoms with Crippen LogP contribution in [0.3, 0.4) is 0 Å². The summed E-state index contributed by atoms with van der Waals surface area (Å²) in [5, 5.41) is 6.84. The smallest absolute Gasteiger partial charge is 0.201 e. The van der Waals surface area contributed by atoms with Crippen molar-refractivity contribution in [3.63, 3.8) is 0 Å². The number of aromatic nitrogens is 3. The van der Waals surface area contributed by atoms with Crippen LogP contribution in [-0.2, 0) is 13.0 Å². The van der Waals surface area contributed by atoms with Gasteiger partial charge in [0.2, 0.25) is 5.95 Å². The summed E-state index contributed by atoms with van der Waals surface area (Å²) in [5.41, 5.74) is 3.02. The Labute approximate surface area is 166 Å². The lowest BCUT2D eigenvalue weighted by atomic mass is 10.2. The number of fused-ring (bicyclic) bond motifs is 1. The molecule has 0 aliphatic rings. The quantitative estimate of drug-likeness (QED) is 0.367. The number of imidazole rings is 1. The highest BCUT2D eigenvalue weighted by Gasteiger charge is 2.13. The predicted molar refractivity (Wildman–Crippen MR) is 113 cm³/mol. The van der Waals surface area contributed by atoms with Crippen molar-refractivity contribution in [3.8, 4) is 11.8 Å². The maximum atomic E-state index is 4.49. The monoisotopic (exact) mass is 431 g/mol. The molecule has 0 atom stereocenters. The molecule has 0 unspecified atom stereocenters. The molecule has 5 nitrogen and oxygen atoms in total. The van der Waals surface area contributed by atoms with E-state index in [1.54, 1.807) is 12.4 Å². The van der Waals surface area contributed by atoms with E-state index in [0.29, 0.717) is 0 Å². The first-order valence-electron chi connectivity index (χ1n) is 8.70. The molecule has 26 heavy (non-hydrogen) atoms. The molecule has 3 aromatic heterocycles. The Morgan fingerprint density at radius 3 is 2.96 bits per heavy atom. The molecule has 0 aliphatic heterocycles. The van der Waals surface area contributed by atoms with E-state index in [-0.39, 0.29) is 0 Å². The third-order valence-electron chi connectivity index (χ3n) is 3.95. The van der Waals surface area contributed by atoms with Gasteiger partial charge in [0.15, 0.2) is 0 Å². The van der Waals surface area contributed by atoms with Gasteiger partial charge in [0, 0.05) is 33.5 Å². The van der Waals surface area contributed by atoms with Crippen LogP contribution in [0.1, 0.15) is 35.6 Å². The number of anilines is 1. The van der Waals surface area contributed by atoms with Gasteiger partial charge in [-0.3, -0.25) is 4.98 Å². The van der Waals surface area contributed by atoms with Crippen molar-refractivity contribution >= 4 is 44.2 Å². The molecule has 0 spiro atoms. The van der Waals surface area contributed by atoms with E-state index in [9.17, 15) is 0 Å². The van der Waals surface area contributed by atoms with E-state index in [0.717, 1.165) is 59.5 Å². The minimum Gasteiger partial charge on any atom is -0.356 e. The standard InChI is InChI=1S/C19H22BrN5S/c1-3-6-13-17(26-16(4-2)18(13)20)12-21-8-5-9-23-19-24-14-7-10-22-11-15(14)25-19/h7,10-11,21H,4-5,8-9,12H2,1-2H3,(H2,23,24,25). The van der Waals surface area contributed by atoms with Gasteiger partial charge in [0.05, 0.1) is 22.8 Å². The van der Waals surface area contributed by atoms with Crippen LogP contribution in [0, 0.1) is 11.8 Å². The average molecular weight is 432 g/mol. The summed E-state index contributed by atoms with van der Waals surface area (Å²) in [7, 11) is 0. The molecule has 136 valence electrons. The molecular formula is C19H22BrN5S. The normalized spacial score (nSPS) is 10.7. The van der Waals surface area contributed by atoms with Crippen LogP contribution >= 0.6 is 27.3 Å². The number of thiophene rings is 1. The molecule has 3 aromatic rings. The molecule has 0 amide bonds. The first-order chi connectivity index (χ1) is 12.7. The Hall–Kier alpha value is -1.88. The molecule has 3 rings (SSSR count). The Kier molecular flexibility index (Phi) is 6.67. The van der Waals surface area contributed by atoms with E-state index in [4.69, 9.17) is 0 Å². The number of pyridine rings is 1. The van der Waals surface area contributed by atoms with E-state index in [1.165, 1.54) is 9.75 Å². The van der Waals surface area contributed by atoms with Crippen molar-refractivity contribution < 1.29 is 0 Å². The van der Waals surface area contributed by atoms with E-state index in [2.05, 4.69) is 60.3 Å². The molecule has 0 radical (unpaired) electrons. The lowest BCUT2D eigenvalue weighted by Gasteiger charge is -2.05. The summed E-state index contributed by atoms with van der Waals surface area (Å²) in [6, 6.07) is 1.90. The number of nitrogens with zero attached hydrogens (tertiary/aromatic N) is 2. The lowest BCUT2D eigenvalue weighted by Crippen LogP contribution is -2.17. The number of rotatable bonds is 8. The van der Waals surface area contributed by atoms with Gasteiger partial charge in [-0.25, -0.2) is 4.98 Å². The van der Waals surface area contributed by atoms with Crippen molar-refractivity contribution in [1.82, 2.24) is 20.3 Å². The first-order valence-corrected chi connectivity index (χ1v) is 10.3. The lowest BCUT2D eigenvalue weighted by molar-refractivity contribution is 0.667. The highest BCUT2D eigenvalue weighted by Crippen LogP contribution is 2.33. The Balaban J connectivity index is 1.45. The molecule has 0 aliphatic carbocycles. The maximum absolute atomic E-state index is 4.49. The van der Waals surface area contributed by atoms with Crippen LogP contribution in [0.5, 0.6) is 0 Å². The predicted octanol–water partition coefficient (Wildman–Crippen LogP) is 4.31. The zero-order chi connectivity index (χ0) is 18.4. The largest absolute Gasteiger partial charge is 0.356 e. The zero-order valence-electron chi connectivity index (χ0n) is 14.9. The van der Waals surface area contributed by atoms with Crippen LogP contribution in [0.15, 0.2) is 22.9 Å². The second-order valence-corrected chi connectivity index (χ2v) is 7.78. The van der Waals surface area contributed by atoms with Gasteiger partial charge in [0.25, 0.3) is 0 Å². The summed E-state index contributed by atoms with van der Waals surface area (Å²) in [4.78, 5) is 14.5. The van der Waals surface area contributed by atoms with Gasteiger partial charge in [-0.05, 0) is 48.3 Å². The fourth-order valence-electron chi connectivity index (χ4n) is 2.67. The third-order valence-corrected chi connectivity index (χ3v) is 6.42. The fraction of sp³-hybridized carbons (Fsp3) is 0.368. The van der Waals surface area contributed by atoms with Crippen LogP contribution in [0.25, 0.3) is 11.0 Å². The van der Waals surface area contributed by atoms with E-state index < -0.39 is 0 Å². The molecule has 0 aromatic carbocycles. The number of nitrogens with one attached hydrogen (secondary N) is 3. The van der Waals surface area contributed by atoms with E-state index in [1.807, 2.05) is 24.3 Å². The number of hydrogen-bond donors (Lipinski definition) is 3. The summed E-state index contributed by atoms with van der Waals surface area (Å²) < 4.78 is 1.16. The van der Waals surface area contributed by atoms with Crippen molar-refractivity contribution in [2.45, 2.75) is 33.2 Å². The Morgan fingerprint density at radius 2 is 2.19 bits per heavy atom. The number of aromatic amines is 1. The molecule has 0 saturated carbocycles. The van der Waals surface area contributed by atoms with Crippen molar-refractivity contribution in [1.29, 1.82) is 0 Å². The summed E-state index contributed by atoms with van der Waals surface area (Å²) in [6.07, 6.45) is 5.58. The zero-order valence-corrected chi connectivity index (χ0v) is 17.4. The summed E-state index contributed by atoms with van der Waals surface area (Å²) in [5.74, 6) is 7.04. The van der Waals surface area contributed by atoms with Crippen LogP contribution in [0.2, 0.25) is 0 Å². The van der Waals surface area contributed by atoms with Gasteiger partial charge < -0.3 is 15.6 Å². The van der Waals surface area contributed by atoms with Crippen LogP contribution < -0.4 is 10.6 Å². The van der Waals surface area contributed by atoms with E-state index >= 15 is 0 Å². The highest BCUT2D eigenvalue weighted by molar-refractivity contribution is 9.10. The molecule has 3 heterocycles. The molecular weight excluding hydrogens is 410 g/mol. The number of H-pyrrole nitrogens is 1. The van der Waals surface area contributed by atoms with Crippen LogP contribution in [-0.4, -0.2) is 28.0 Å². The number of halogens is 1. The number of aryl methyl sites for hydroxylation is 1. The SMILES string of the molecule is CC#Cc1c(CNCCCNc2nc3ccncc3[nH]2)sc(CC)c1Br. The van der Waals surface area contributed by atoms with Gasteiger partial charge in [-0.2, -0.15) is 0 Å². The van der Waals surface area contributed by atoms with Gasteiger partial charge in [-0.1, -0.05) is 12.8 Å². The highest BCUT2D eigenvalue weighted by atomic mass is 79.9. The Bertz CT molecular complexity index is 901. The van der Waals surface area contributed by atoms with Crippen molar-refractivity contribution in [2.75, 3.05) is 18.4 Å². The van der Waals surface area contributed by atoms with Crippen molar-refractivity contribution in [3.05, 3.63) is 38.3 Å². The second-order valence-electron chi connectivity index (χ2n) is 5.80. The summed E-state index contributed by atoms with van der Waals surface area (Å²) >= 11 is 5.53. The van der Waals surface area contributed by atoms with Crippen LogP contribution in [0.4, 0.5) is 5.95 Å². The molecule has 3 N–H and O–H groups in total. The maximum Gasteiger partial charge on any atom is 0.201 e. The molecule has 0 fully saturated rings.